The van der Waals surface area contributed by atoms with Crippen molar-refractivity contribution in [3.8, 4) is 0 Å². The summed E-state index contributed by atoms with van der Waals surface area (Å²) in [6.07, 6.45) is 1.97. The van der Waals surface area contributed by atoms with Crippen molar-refractivity contribution in [1.82, 2.24) is 4.90 Å². The summed E-state index contributed by atoms with van der Waals surface area (Å²) in [6, 6.07) is 3.74. The van der Waals surface area contributed by atoms with E-state index in [4.69, 9.17) is 18.0 Å². The number of likely N-dealkylation sites (tertiary alicyclic amines) is 1. The summed E-state index contributed by atoms with van der Waals surface area (Å²) in [5.41, 5.74) is 5.66. The van der Waals surface area contributed by atoms with Gasteiger partial charge >= 0.3 is 0 Å². The van der Waals surface area contributed by atoms with Crippen molar-refractivity contribution >= 4 is 50.4 Å². The van der Waals surface area contributed by atoms with Crippen molar-refractivity contribution < 1.29 is 4.79 Å². The average molecular weight is 333 g/mol. The Kier molecular flexibility index (Phi) is 4.17. The van der Waals surface area contributed by atoms with Gasteiger partial charge in [-0.15, -0.1) is 11.3 Å². The van der Waals surface area contributed by atoms with E-state index in [0.29, 0.717) is 11.5 Å². The van der Waals surface area contributed by atoms with Gasteiger partial charge < -0.3 is 10.6 Å². The zero-order valence-electron chi connectivity index (χ0n) is 9.19. The smallest absolute Gasteiger partial charge is 0.263 e. The minimum atomic E-state index is 0.0849. The Hall–Kier alpha value is -0.460. The lowest BCUT2D eigenvalue weighted by Gasteiger charge is -2.31. The third kappa shape index (κ3) is 3.05. The van der Waals surface area contributed by atoms with E-state index < -0.39 is 0 Å². The SMILES string of the molecule is NC(=S)C1CCCN(C(=O)c2ccc(Br)s2)C1. The summed E-state index contributed by atoms with van der Waals surface area (Å²) in [5.74, 6) is 0.257. The molecule has 1 unspecified atom stereocenters. The van der Waals surface area contributed by atoms with Gasteiger partial charge in [-0.25, -0.2) is 0 Å². The van der Waals surface area contributed by atoms with E-state index in [0.717, 1.165) is 28.0 Å². The molecule has 2 N–H and O–H groups in total. The maximum absolute atomic E-state index is 12.2. The molecule has 1 saturated heterocycles. The number of piperidine rings is 1. The van der Waals surface area contributed by atoms with Crippen LogP contribution in [-0.2, 0) is 0 Å². The Morgan fingerprint density at radius 3 is 2.94 bits per heavy atom. The Balaban J connectivity index is 2.07. The Labute approximate surface area is 118 Å². The van der Waals surface area contributed by atoms with Crippen LogP contribution >= 0.6 is 39.5 Å². The molecule has 1 fully saturated rings. The van der Waals surface area contributed by atoms with E-state index in [9.17, 15) is 4.79 Å². The molecule has 1 aromatic heterocycles. The van der Waals surface area contributed by atoms with Gasteiger partial charge in [0.15, 0.2) is 0 Å². The number of thiophene rings is 1. The maximum atomic E-state index is 12.2. The van der Waals surface area contributed by atoms with E-state index in [-0.39, 0.29) is 11.8 Å². The van der Waals surface area contributed by atoms with Crippen molar-refractivity contribution in [2.75, 3.05) is 13.1 Å². The first-order valence-corrected chi connectivity index (χ1v) is 7.43. The molecule has 3 nitrogen and oxygen atoms in total. The van der Waals surface area contributed by atoms with Gasteiger partial charge in [0, 0.05) is 19.0 Å². The average Bonchev–Trinajstić information content (AvgIpc) is 2.75. The second-order valence-corrected chi connectivity index (χ2v) is 7.03. The van der Waals surface area contributed by atoms with Crippen molar-refractivity contribution in [3.05, 3.63) is 20.8 Å². The summed E-state index contributed by atoms with van der Waals surface area (Å²) < 4.78 is 0.976. The number of halogens is 1. The number of hydrogen-bond acceptors (Lipinski definition) is 3. The number of amides is 1. The summed E-state index contributed by atoms with van der Waals surface area (Å²) in [6.45, 7) is 1.46. The van der Waals surface area contributed by atoms with E-state index >= 15 is 0 Å². The number of nitrogens with two attached hydrogens (primary N) is 1. The summed E-state index contributed by atoms with van der Waals surface area (Å²) in [7, 11) is 0. The standard InChI is InChI=1S/C11H13BrN2OS2/c12-9-4-3-8(17-9)11(15)14-5-1-2-7(6-14)10(13)16/h3-4,7H,1-2,5-6H2,(H2,13,16). The maximum Gasteiger partial charge on any atom is 0.263 e. The Bertz CT molecular complexity index is 446. The lowest BCUT2D eigenvalue weighted by molar-refractivity contribution is 0.0708. The molecule has 2 heterocycles. The molecule has 17 heavy (non-hydrogen) atoms. The first-order valence-electron chi connectivity index (χ1n) is 5.42. The monoisotopic (exact) mass is 332 g/mol. The fraction of sp³-hybridized carbons (Fsp3) is 0.455. The topological polar surface area (TPSA) is 46.3 Å². The third-order valence-electron chi connectivity index (χ3n) is 2.89. The van der Waals surface area contributed by atoms with Crippen LogP contribution in [0.15, 0.2) is 15.9 Å². The van der Waals surface area contributed by atoms with E-state index in [1.54, 1.807) is 0 Å². The van der Waals surface area contributed by atoms with Crippen LogP contribution in [0.2, 0.25) is 0 Å². The Morgan fingerprint density at radius 2 is 2.35 bits per heavy atom. The van der Waals surface area contributed by atoms with E-state index in [1.165, 1.54) is 11.3 Å². The molecule has 1 aliphatic rings. The van der Waals surface area contributed by atoms with Crippen molar-refractivity contribution in [3.63, 3.8) is 0 Å². The molecule has 0 radical (unpaired) electrons. The van der Waals surface area contributed by atoms with Crippen LogP contribution in [-0.4, -0.2) is 28.9 Å². The van der Waals surface area contributed by atoms with Gasteiger partial charge in [0.2, 0.25) is 0 Å². The van der Waals surface area contributed by atoms with E-state index in [2.05, 4.69) is 15.9 Å². The van der Waals surface area contributed by atoms with Crippen molar-refractivity contribution in [2.45, 2.75) is 12.8 Å². The molecule has 1 aromatic rings. The highest BCUT2D eigenvalue weighted by molar-refractivity contribution is 9.11. The van der Waals surface area contributed by atoms with Crippen LogP contribution in [0.4, 0.5) is 0 Å². The summed E-state index contributed by atoms with van der Waals surface area (Å²) in [4.78, 5) is 15.4. The minimum absolute atomic E-state index is 0.0849. The molecular weight excluding hydrogens is 320 g/mol. The van der Waals surface area contributed by atoms with Crippen LogP contribution in [0.5, 0.6) is 0 Å². The first kappa shape index (κ1) is 13.0. The second kappa shape index (κ2) is 5.46. The minimum Gasteiger partial charge on any atom is -0.393 e. The molecule has 0 bridgehead atoms. The highest BCUT2D eigenvalue weighted by Gasteiger charge is 2.26. The predicted octanol–water partition coefficient (Wildman–Crippen LogP) is 2.65. The molecule has 0 aliphatic carbocycles. The van der Waals surface area contributed by atoms with Gasteiger partial charge in [-0.2, -0.15) is 0 Å². The largest absolute Gasteiger partial charge is 0.393 e. The zero-order chi connectivity index (χ0) is 12.4. The van der Waals surface area contributed by atoms with Crippen LogP contribution < -0.4 is 5.73 Å². The molecule has 0 aromatic carbocycles. The third-order valence-corrected chi connectivity index (χ3v) is 4.84. The fourth-order valence-electron chi connectivity index (χ4n) is 1.98. The molecule has 1 aliphatic heterocycles. The van der Waals surface area contributed by atoms with Gasteiger partial charge in [0.25, 0.3) is 5.91 Å². The number of thiocarbonyl (C=S) groups is 1. The van der Waals surface area contributed by atoms with Crippen LogP contribution in [0, 0.1) is 5.92 Å². The number of carbonyl (C=O) groups excluding carboxylic acids is 1. The van der Waals surface area contributed by atoms with Crippen LogP contribution in [0.3, 0.4) is 0 Å². The van der Waals surface area contributed by atoms with Gasteiger partial charge in [-0.05, 0) is 40.9 Å². The normalized spacial score (nSPS) is 20.3. The number of rotatable bonds is 2. The lowest BCUT2D eigenvalue weighted by Crippen LogP contribution is -2.43. The molecule has 0 saturated carbocycles. The molecular formula is C11H13BrN2OS2. The summed E-state index contributed by atoms with van der Waals surface area (Å²) in [5, 5.41) is 0. The highest BCUT2D eigenvalue weighted by Crippen LogP contribution is 2.25. The van der Waals surface area contributed by atoms with Crippen LogP contribution in [0.1, 0.15) is 22.5 Å². The van der Waals surface area contributed by atoms with Gasteiger partial charge in [0.05, 0.1) is 13.7 Å². The lowest BCUT2D eigenvalue weighted by atomic mass is 9.98. The molecule has 2 rings (SSSR count). The predicted molar refractivity (Wildman–Crippen MR) is 77.4 cm³/mol. The molecule has 1 atom stereocenters. The fourth-order valence-corrected chi connectivity index (χ4v) is 3.53. The second-order valence-electron chi connectivity index (χ2n) is 4.10. The number of hydrogen-bond donors (Lipinski definition) is 1. The molecule has 0 spiro atoms. The van der Waals surface area contributed by atoms with Gasteiger partial charge in [0.1, 0.15) is 0 Å². The van der Waals surface area contributed by atoms with E-state index in [1.807, 2.05) is 17.0 Å². The number of carbonyl (C=O) groups is 1. The van der Waals surface area contributed by atoms with Crippen molar-refractivity contribution in [1.29, 1.82) is 0 Å². The van der Waals surface area contributed by atoms with Gasteiger partial charge in [-0.1, -0.05) is 12.2 Å². The zero-order valence-corrected chi connectivity index (χ0v) is 12.4. The quantitative estimate of drug-likeness (QED) is 0.847. The van der Waals surface area contributed by atoms with Crippen molar-refractivity contribution in [2.24, 2.45) is 11.7 Å². The number of nitrogens with zero attached hydrogens (tertiary/aromatic N) is 1. The molecule has 92 valence electrons. The van der Waals surface area contributed by atoms with Crippen LogP contribution in [0.25, 0.3) is 0 Å². The first-order chi connectivity index (χ1) is 8.08. The molecule has 6 heteroatoms. The Morgan fingerprint density at radius 1 is 1.59 bits per heavy atom. The summed E-state index contributed by atoms with van der Waals surface area (Å²) >= 11 is 9.84. The highest BCUT2D eigenvalue weighted by atomic mass is 79.9. The molecule has 1 amide bonds. The van der Waals surface area contributed by atoms with Gasteiger partial charge in [-0.3, -0.25) is 4.79 Å².